The molecule has 0 aliphatic heterocycles. The Morgan fingerprint density at radius 3 is 2.25 bits per heavy atom. The van der Waals surface area contributed by atoms with Crippen LogP contribution in [0, 0.1) is 5.41 Å². The highest BCUT2D eigenvalue weighted by atomic mass is 16.1. The molecule has 1 amide bonds. The van der Waals surface area contributed by atoms with Gasteiger partial charge in [0.15, 0.2) is 0 Å². The maximum Gasteiger partial charge on any atom is 0.221 e. The number of hydrogen-bond acceptors (Lipinski definition) is 2. The monoisotopic (exact) mass is 228 g/mol. The van der Waals surface area contributed by atoms with Crippen molar-refractivity contribution < 1.29 is 4.79 Å². The van der Waals surface area contributed by atoms with Crippen LogP contribution in [-0.4, -0.2) is 24.5 Å². The van der Waals surface area contributed by atoms with Gasteiger partial charge in [-0.05, 0) is 25.7 Å². The lowest BCUT2D eigenvalue weighted by Crippen LogP contribution is -2.40. The maximum absolute atomic E-state index is 11.5. The van der Waals surface area contributed by atoms with Gasteiger partial charge in [0.05, 0.1) is 0 Å². The summed E-state index contributed by atoms with van der Waals surface area (Å²) in [5.74, 6) is 0.142. The quantitative estimate of drug-likeness (QED) is 0.732. The normalized spacial score (nSPS) is 15.6. The van der Waals surface area contributed by atoms with Crippen LogP contribution < -0.4 is 10.6 Å². The lowest BCUT2D eigenvalue weighted by Gasteiger charge is -2.28. The molecule has 3 heteroatoms. The van der Waals surface area contributed by atoms with Crippen molar-refractivity contribution in [3.05, 3.63) is 0 Å². The minimum absolute atomic E-state index is 0.142. The third kappa shape index (κ3) is 6.83. The van der Waals surface area contributed by atoms with Crippen LogP contribution in [0.15, 0.2) is 0 Å². The standard InChI is InChI=1S/C13H28N2O/c1-7-10(2)15-12(16)8-9-14-11(3)13(4,5)6/h10-11,14H,7-9H2,1-6H3,(H,15,16)/t10-,11+/m0/s1. The summed E-state index contributed by atoms with van der Waals surface area (Å²) in [6, 6.07) is 0.705. The summed E-state index contributed by atoms with van der Waals surface area (Å²) < 4.78 is 0. The van der Waals surface area contributed by atoms with Gasteiger partial charge in [-0.3, -0.25) is 4.79 Å². The molecule has 0 saturated heterocycles. The number of nitrogens with one attached hydrogen (secondary N) is 2. The van der Waals surface area contributed by atoms with Crippen LogP contribution in [0.25, 0.3) is 0 Å². The molecule has 0 aliphatic rings. The summed E-state index contributed by atoms with van der Waals surface area (Å²) in [6.07, 6.45) is 1.54. The topological polar surface area (TPSA) is 41.1 Å². The molecule has 0 radical (unpaired) electrons. The van der Waals surface area contributed by atoms with Gasteiger partial charge in [-0.1, -0.05) is 27.7 Å². The first kappa shape index (κ1) is 15.4. The Morgan fingerprint density at radius 1 is 1.25 bits per heavy atom. The molecular weight excluding hydrogens is 200 g/mol. The summed E-state index contributed by atoms with van der Waals surface area (Å²) in [5, 5.41) is 6.35. The van der Waals surface area contributed by atoms with Gasteiger partial charge in [0, 0.05) is 25.0 Å². The van der Waals surface area contributed by atoms with E-state index in [4.69, 9.17) is 0 Å². The molecule has 2 atom stereocenters. The smallest absolute Gasteiger partial charge is 0.221 e. The molecule has 0 aromatic carbocycles. The van der Waals surface area contributed by atoms with Crippen LogP contribution in [0.3, 0.4) is 0 Å². The maximum atomic E-state index is 11.5. The van der Waals surface area contributed by atoms with Crippen LogP contribution in [0.1, 0.15) is 54.4 Å². The number of rotatable bonds is 6. The van der Waals surface area contributed by atoms with Crippen molar-refractivity contribution >= 4 is 5.91 Å². The fourth-order valence-corrected chi connectivity index (χ4v) is 1.16. The Hall–Kier alpha value is -0.570. The minimum atomic E-state index is 0.142. The first-order valence-electron chi connectivity index (χ1n) is 6.30. The van der Waals surface area contributed by atoms with Gasteiger partial charge in [0.25, 0.3) is 0 Å². The minimum Gasteiger partial charge on any atom is -0.354 e. The third-order valence-corrected chi connectivity index (χ3v) is 3.12. The average Bonchev–Trinajstić information content (AvgIpc) is 2.15. The van der Waals surface area contributed by atoms with E-state index in [-0.39, 0.29) is 17.4 Å². The van der Waals surface area contributed by atoms with Gasteiger partial charge in [-0.15, -0.1) is 0 Å². The van der Waals surface area contributed by atoms with Crippen molar-refractivity contribution in [2.75, 3.05) is 6.54 Å². The van der Waals surface area contributed by atoms with Crippen LogP contribution in [-0.2, 0) is 4.79 Å². The van der Waals surface area contributed by atoms with Gasteiger partial charge in [0.1, 0.15) is 0 Å². The molecular formula is C13H28N2O. The summed E-state index contributed by atoms with van der Waals surface area (Å²) in [5.41, 5.74) is 0.243. The van der Waals surface area contributed by atoms with E-state index in [1.807, 2.05) is 6.92 Å². The second kappa shape index (κ2) is 6.89. The van der Waals surface area contributed by atoms with Crippen LogP contribution >= 0.6 is 0 Å². The number of carbonyl (C=O) groups excluding carboxylic acids is 1. The lowest BCUT2D eigenvalue weighted by molar-refractivity contribution is -0.121. The molecule has 0 aromatic heterocycles. The van der Waals surface area contributed by atoms with Gasteiger partial charge in [0.2, 0.25) is 5.91 Å². The van der Waals surface area contributed by atoms with Gasteiger partial charge in [-0.2, -0.15) is 0 Å². The molecule has 0 aromatic rings. The summed E-state index contributed by atoms with van der Waals surface area (Å²) in [6.45, 7) is 13.6. The van der Waals surface area contributed by atoms with Crippen molar-refractivity contribution in [1.82, 2.24) is 10.6 Å². The van der Waals surface area contributed by atoms with Gasteiger partial charge >= 0.3 is 0 Å². The number of amides is 1. The largest absolute Gasteiger partial charge is 0.354 e. The molecule has 3 nitrogen and oxygen atoms in total. The molecule has 16 heavy (non-hydrogen) atoms. The zero-order valence-electron chi connectivity index (χ0n) is 11.7. The molecule has 0 saturated carbocycles. The molecule has 0 heterocycles. The molecule has 0 fully saturated rings. The molecule has 0 aliphatic carbocycles. The van der Waals surface area contributed by atoms with E-state index < -0.39 is 0 Å². The zero-order chi connectivity index (χ0) is 12.8. The van der Waals surface area contributed by atoms with Crippen molar-refractivity contribution in [3.63, 3.8) is 0 Å². The van der Waals surface area contributed by atoms with Crippen LogP contribution in [0.2, 0.25) is 0 Å². The highest BCUT2D eigenvalue weighted by Crippen LogP contribution is 2.18. The zero-order valence-corrected chi connectivity index (χ0v) is 11.7. The average molecular weight is 228 g/mol. The SMILES string of the molecule is CC[C@H](C)NC(=O)CCN[C@H](C)C(C)(C)C. The second-order valence-electron chi connectivity index (χ2n) is 5.67. The van der Waals surface area contributed by atoms with E-state index in [0.717, 1.165) is 13.0 Å². The first-order chi connectivity index (χ1) is 7.27. The van der Waals surface area contributed by atoms with Crippen LogP contribution in [0.4, 0.5) is 0 Å². The van der Waals surface area contributed by atoms with E-state index in [1.54, 1.807) is 0 Å². The third-order valence-electron chi connectivity index (χ3n) is 3.12. The van der Waals surface area contributed by atoms with Crippen molar-refractivity contribution in [2.45, 2.75) is 66.5 Å². The Morgan fingerprint density at radius 2 is 1.81 bits per heavy atom. The van der Waals surface area contributed by atoms with Gasteiger partial charge in [-0.25, -0.2) is 0 Å². The molecule has 0 bridgehead atoms. The number of carbonyl (C=O) groups is 1. The van der Waals surface area contributed by atoms with Crippen LogP contribution in [0.5, 0.6) is 0 Å². The summed E-state index contributed by atoms with van der Waals surface area (Å²) >= 11 is 0. The molecule has 0 rings (SSSR count). The highest BCUT2D eigenvalue weighted by molar-refractivity contribution is 5.76. The Kier molecular flexibility index (Phi) is 6.65. The Bertz CT molecular complexity index is 208. The molecule has 2 N–H and O–H groups in total. The predicted molar refractivity (Wildman–Crippen MR) is 69.4 cm³/mol. The Labute approximate surface area is 100 Å². The fraction of sp³-hybridized carbons (Fsp3) is 0.923. The van der Waals surface area contributed by atoms with E-state index in [0.29, 0.717) is 12.5 Å². The second-order valence-corrected chi connectivity index (χ2v) is 5.67. The van der Waals surface area contributed by atoms with E-state index in [1.165, 1.54) is 0 Å². The first-order valence-corrected chi connectivity index (χ1v) is 6.30. The summed E-state index contributed by atoms with van der Waals surface area (Å²) in [4.78, 5) is 11.5. The Balaban J connectivity index is 3.70. The van der Waals surface area contributed by atoms with Crippen molar-refractivity contribution in [3.8, 4) is 0 Å². The lowest BCUT2D eigenvalue weighted by atomic mass is 9.88. The molecule has 96 valence electrons. The fourth-order valence-electron chi connectivity index (χ4n) is 1.16. The van der Waals surface area contributed by atoms with E-state index >= 15 is 0 Å². The van der Waals surface area contributed by atoms with E-state index in [9.17, 15) is 4.79 Å². The van der Waals surface area contributed by atoms with Crippen molar-refractivity contribution in [2.24, 2.45) is 5.41 Å². The van der Waals surface area contributed by atoms with E-state index in [2.05, 4.69) is 45.3 Å². The molecule has 0 unspecified atom stereocenters. The summed E-state index contributed by atoms with van der Waals surface area (Å²) in [7, 11) is 0. The highest BCUT2D eigenvalue weighted by Gasteiger charge is 2.19. The van der Waals surface area contributed by atoms with Gasteiger partial charge < -0.3 is 10.6 Å². The molecule has 0 spiro atoms. The van der Waals surface area contributed by atoms with Crippen molar-refractivity contribution in [1.29, 1.82) is 0 Å². The predicted octanol–water partition coefficient (Wildman–Crippen LogP) is 2.32. The number of hydrogen-bond donors (Lipinski definition) is 2.